The van der Waals surface area contributed by atoms with Gasteiger partial charge in [-0.15, -0.1) is 0 Å². The van der Waals surface area contributed by atoms with E-state index in [0.717, 1.165) is 36.1 Å². The Morgan fingerprint density at radius 1 is 0.680 bits per heavy atom. The van der Waals surface area contributed by atoms with Gasteiger partial charge in [0.2, 0.25) is 0 Å². The molecule has 0 N–H and O–H groups in total. The highest BCUT2D eigenvalue weighted by atomic mass is 35.5. The van der Waals surface area contributed by atoms with Crippen LogP contribution in [0, 0.1) is 34.9 Å². The zero-order chi connectivity index (χ0) is 36.3. The first-order chi connectivity index (χ1) is 23.7. The van der Waals surface area contributed by atoms with Crippen molar-refractivity contribution in [2.24, 2.45) is 0 Å². The molecule has 0 atom stereocenters. The standard InChI is InChI=1S/C37H23ClF10O2/c1-2-3-19-4-6-20(7-5-19)21-8-9-25(27(39)13-21)22-14-28(40)34(29(41)15-22)23-12-26(38)35(30(42)16-23)37(47,48)50-24-17-31(43)36(32(44)18-24)49-11-10-33(45)46/h4-18,33H,2-3H2,1H3. The lowest BCUT2D eigenvalue weighted by atomic mass is 9.95. The first kappa shape index (κ1) is 36.3. The molecule has 0 heterocycles. The lowest BCUT2D eigenvalue weighted by molar-refractivity contribution is -0.187. The molecule has 5 rings (SSSR count). The molecule has 0 aliphatic rings. The Bertz CT molecular complexity index is 1990. The van der Waals surface area contributed by atoms with Crippen molar-refractivity contribution < 1.29 is 53.4 Å². The van der Waals surface area contributed by atoms with Crippen LogP contribution in [0.4, 0.5) is 43.9 Å². The van der Waals surface area contributed by atoms with Gasteiger partial charge >= 0.3 is 6.11 Å². The minimum absolute atomic E-state index is 0.144. The summed E-state index contributed by atoms with van der Waals surface area (Å²) in [7, 11) is 0. The van der Waals surface area contributed by atoms with Gasteiger partial charge in [0, 0.05) is 23.8 Å². The average molecular weight is 725 g/mol. The molecule has 50 heavy (non-hydrogen) atoms. The number of allylic oxidation sites excluding steroid dienone is 1. The fraction of sp³-hybridized carbons (Fsp3) is 0.135. The zero-order valence-electron chi connectivity index (χ0n) is 25.6. The van der Waals surface area contributed by atoms with Gasteiger partial charge in [-0.2, -0.15) is 8.78 Å². The molecule has 2 nitrogen and oxygen atoms in total. The molecule has 13 heteroatoms. The van der Waals surface area contributed by atoms with Crippen LogP contribution in [0.15, 0.2) is 91.2 Å². The van der Waals surface area contributed by atoms with Crippen LogP contribution in [0.1, 0.15) is 24.5 Å². The highest BCUT2D eigenvalue weighted by molar-refractivity contribution is 6.31. The number of aryl methyl sites for hydroxylation is 1. The molecule has 260 valence electrons. The number of alkyl halides is 4. The van der Waals surface area contributed by atoms with Gasteiger partial charge in [0.05, 0.1) is 16.8 Å². The van der Waals surface area contributed by atoms with Gasteiger partial charge in [-0.25, -0.2) is 35.1 Å². The minimum Gasteiger partial charge on any atom is -0.459 e. The molecular weight excluding hydrogens is 702 g/mol. The molecule has 0 spiro atoms. The van der Waals surface area contributed by atoms with Crippen LogP contribution in [0.25, 0.3) is 33.4 Å². The number of rotatable bonds is 11. The van der Waals surface area contributed by atoms with E-state index in [1.807, 2.05) is 31.2 Å². The Morgan fingerprint density at radius 2 is 1.26 bits per heavy atom. The van der Waals surface area contributed by atoms with Crippen LogP contribution >= 0.6 is 11.6 Å². The van der Waals surface area contributed by atoms with Crippen molar-refractivity contribution in [3.8, 4) is 44.9 Å². The molecule has 5 aromatic carbocycles. The van der Waals surface area contributed by atoms with Crippen LogP contribution in [-0.4, -0.2) is 6.43 Å². The molecule has 0 bridgehead atoms. The number of hydrogen-bond donors (Lipinski definition) is 0. The summed E-state index contributed by atoms with van der Waals surface area (Å²) in [6, 6.07) is 14.6. The molecule has 0 aliphatic carbocycles. The second-order valence-corrected chi connectivity index (χ2v) is 11.3. The van der Waals surface area contributed by atoms with E-state index in [1.165, 1.54) is 12.1 Å². The average Bonchev–Trinajstić information content (AvgIpc) is 3.01. The topological polar surface area (TPSA) is 18.5 Å². The fourth-order valence-electron chi connectivity index (χ4n) is 5.16. The van der Waals surface area contributed by atoms with Crippen molar-refractivity contribution >= 4 is 11.6 Å². The van der Waals surface area contributed by atoms with E-state index in [2.05, 4.69) is 9.47 Å². The second kappa shape index (κ2) is 14.9. The second-order valence-electron chi connectivity index (χ2n) is 10.9. The summed E-state index contributed by atoms with van der Waals surface area (Å²) in [5.74, 6) is -10.8. The van der Waals surface area contributed by atoms with Gasteiger partial charge in [-0.3, -0.25) is 0 Å². The molecule has 0 amide bonds. The molecule has 0 fully saturated rings. The summed E-state index contributed by atoms with van der Waals surface area (Å²) < 4.78 is 153. The van der Waals surface area contributed by atoms with Gasteiger partial charge < -0.3 is 9.47 Å². The lowest BCUT2D eigenvalue weighted by Crippen LogP contribution is -2.24. The molecule has 0 saturated heterocycles. The van der Waals surface area contributed by atoms with E-state index >= 15 is 26.3 Å². The molecule has 5 aromatic rings. The Balaban J connectivity index is 1.40. The summed E-state index contributed by atoms with van der Waals surface area (Å²) in [6.45, 7) is 2.05. The summed E-state index contributed by atoms with van der Waals surface area (Å²) in [5, 5.41) is -1.07. The summed E-state index contributed by atoms with van der Waals surface area (Å²) in [4.78, 5) is 0. The highest BCUT2D eigenvalue weighted by Gasteiger charge is 2.41. The molecular formula is C37H23ClF10O2. The number of halogens is 11. The Hall–Kier alpha value is -4.97. The predicted octanol–water partition coefficient (Wildman–Crippen LogP) is 12.4. The van der Waals surface area contributed by atoms with Crippen LogP contribution in [-0.2, 0) is 12.5 Å². The van der Waals surface area contributed by atoms with Gasteiger partial charge in [0.25, 0.3) is 6.43 Å². The maximum Gasteiger partial charge on any atom is 0.431 e. The zero-order valence-corrected chi connectivity index (χ0v) is 26.4. The summed E-state index contributed by atoms with van der Waals surface area (Å²) in [6.07, 6.45) is -5.42. The summed E-state index contributed by atoms with van der Waals surface area (Å²) in [5.41, 5.74) is -1.08. The first-order valence-corrected chi connectivity index (χ1v) is 15.1. The SMILES string of the molecule is CCCc1ccc(-c2ccc(-c3cc(F)c(-c4cc(F)c(C(F)(F)Oc5cc(F)c(OC=CC(F)F)c(F)c5)c(Cl)c4)c(F)c3)c(F)c2)cc1. The van der Waals surface area contributed by atoms with Gasteiger partial charge in [0.15, 0.2) is 17.4 Å². The summed E-state index contributed by atoms with van der Waals surface area (Å²) >= 11 is 5.92. The molecule has 0 aromatic heterocycles. The molecule has 0 radical (unpaired) electrons. The number of benzene rings is 5. The lowest BCUT2D eigenvalue weighted by Gasteiger charge is -2.21. The van der Waals surface area contributed by atoms with E-state index in [9.17, 15) is 17.6 Å². The van der Waals surface area contributed by atoms with Crippen molar-refractivity contribution in [3.63, 3.8) is 0 Å². The molecule has 0 saturated carbocycles. The third-order valence-electron chi connectivity index (χ3n) is 7.40. The Morgan fingerprint density at radius 3 is 1.82 bits per heavy atom. The Kier molecular flexibility index (Phi) is 10.8. The van der Waals surface area contributed by atoms with Crippen LogP contribution in [0.2, 0.25) is 5.02 Å². The van der Waals surface area contributed by atoms with Crippen molar-refractivity contribution in [1.82, 2.24) is 0 Å². The van der Waals surface area contributed by atoms with Gasteiger partial charge in [-0.1, -0.05) is 61.3 Å². The number of hydrogen-bond acceptors (Lipinski definition) is 2. The highest BCUT2D eigenvalue weighted by Crippen LogP contribution is 2.42. The van der Waals surface area contributed by atoms with E-state index < -0.39 is 80.6 Å². The monoisotopic (exact) mass is 724 g/mol. The normalized spacial score (nSPS) is 11.9. The van der Waals surface area contributed by atoms with Crippen molar-refractivity contribution in [3.05, 3.63) is 142 Å². The van der Waals surface area contributed by atoms with Gasteiger partial charge in [0.1, 0.15) is 34.6 Å². The third-order valence-corrected chi connectivity index (χ3v) is 7.70. The van der Waals surface area contributed by atoms with Crippen LogP contribution < -0.4 is 9.47 Å². The first-order valence-electron chi connectivity index (χ1n) is 14.7. The number of ether oxygens (including phenoxy) is 2. The Labute approximate surface area is 284 Å². The van der Waals surface area contributed by atoms with Crippen LogP contribution in [0.5, 0.6) is 11.5 Å². The van der Waals surface area contributed by atoms with Crippen LogP contribution in [0.3, 0.4) is 0 Å². The fourth-order valence-corrected chi connectivity index (χ4v) is 5.47. The third kappa shape index (κ3) is 7.91. The van der Waals surface area contributed by atoms with Crippen molar-refractivity contribution in [2.75, 3.05) is 0 Å². The molecule has 0 aliphatic heterocycles. The van der Waals surface area contributed by atoms with Crippen molar-refractivity contribution in [2.45, 2.75) is 32.3 Å². The predicted molar refractivity (Wildman–Crippen MR) is 168 cm³/mol. The smallest absolute Gasteiger partial charge is 0.431 e. The van der Waals surface area contributed by atoms with E-state index in [4.69, 9.17) is 11.6 Å². The van der Waals surface area contributed by atoms with Crippen molar-refractivity contribution in [1.29, 1.82) is 0 Å². The maximum atomic E-state index is 15.3. The van der Waals surface area contributed by atoms with E-state index in [1.54, 1.807) is 6.07 Å². The minimum atomic E-state index is -4.70. The molecule has 0 unspecified atom stereocenters. The largest absolute Gasteiger partial charge is 0.459 e. The van der Waals surface area contributed by atoms with Gasteiger partial charge in [-0.05, 0) is 64.6 Å². The van der Waals surface area contributed by atoms with E-state index in [-0.39, 0.29) is 35.6 Å². The van der Waals surface area contributed by atoms with E-state index in [0.29, 0.717) is 17.7 Å². The maximum absolute atomic E-state index is 15.3. The quantitative estimate of drug-likeness (QED) is 0.0997.